The Kier molecular flexibility index (Phi) is 3.51. The Morgan fingerprint density at radius 3 is 2.56 bits per heavy atom. The molecule has 8 heteroatoms. The van der Waals surface area contributed by atoms with Gasteiger partial charge < -0.3 is 4.90 Å². The Hall–Kier alpha value is -1.60. The molecule has 90 valence electrons. The zero-order valence-corrected chi connectivity index (χ0v) is 8.47. The van der Waals surface area contributed by atoms with Gasteiger partial charge in [-0.3, -0.25) is 9.59 Å². The molecule has 0 aromatic heterocycles. The highest BCUT2D eigenvalue weighted by molar-refractivity contribution is 6.39. The number of hydrazone groups is 1. The van der Waals surface area contributed by atoms with Crippen molar-refractivity contribution in [1.82, 2.24) is 10.3 Å². The van der Waals surface area contributed by atoms with E-state index in [1.54, 1.807) is 0 Å². The molecule has 0 radical (unpaired) electrons. The highest BCUT2D eigenvalue weighted by Gasteiger charge is 2.33. The van der Waals surface area contributed by atoms with Crippen LogP contribution in [0.3, 0.4) is 0 Å². The van der Waals surface area contributed by atoms with E-state index in [0.29, 0.717) is 4.90 Å². The molecule has 0 bridgehead atoms. The first kappa shape index (κ1) is 12.5. The number of rotatable bonds is 2. The average Bonchev–Trinajstić information content (AvgIpc) is 2.15. The van der Waals surface area contributed by atoms with E-state index < -0.39 is 18.6 Å². The van der Waals surface area contributed by atoms with Crippen LogP contribution in [0.4, 0.5) is 13.2 Å². The lowest BCUT2D eigenvalue weighted by molar-refractivity contribution is -0.154. The van der Waals surface area contributed by atoms with Gasteiger partial charge in [0.2, 0.25) is 5.91 Å². The topological polar surface area (TPSA) is 61.8 Å². The Morgan fingerprint density at radius 2 is 2.12 bits per heavy atom. The highest BCUT2D eigenvalue weighted by atomic mass is 19.4. The summed E-state index contributed by atoms with van der Waals surface area (Å²) < 4.78 is 36.0. The van der Waals surface area contributed by atoms with E-state index in [1.165, 1.54) is 0 Å². The molecule has 16 heavy (non-hydrogen) atoms. The van der Waals surface area contributed by atoms with Crippen molar-refractivity contribution in [2.45, 2.75) is 19.0 Å². The van der Waals surface area contributed by atoms with Crippen molar-refractivity contribution in [2.75, 3.05) is 13.6 Å². The summed E-state index contributed by atoms with van der Waals surface area (Å²) >= 11 is 0. The monoisotopic (exact) mass is 237 g/mol. The van der Waals surface area contributed by atoms with E-state index in [1.807, 2.05) is 0 Å². The van der Waals surface area contributed by atoms with E-state index in [9.17, 15) is 22.8 Å². The van der Waals surface area contributed by atoms with Crippen molar-refractivity contribution in [3.63, 3.8) is 0 Å². The molecular weight excluding hydrogens is 227 g/mol. The molecule has 1 heterocycles. The van der Waals surface area contributed by atoms with Gasteiger partial charge in [0, 0.05) is 19.9 Å². The van der Waals surface area contributed by atoms with Gasteiger partial charge in [0.25, 0.3) is 5.91 Å². The summed E-state index contributed by atoms with van der Waals surface area (Å²) in [6.45, 7) is -1.33. The second kappa shape index (κ2) is 4.50. The summed E-state index contributed by atoms with van der Waals surface area (Å²) in [4.78, 5) is 22.7. The zero-order valence-electron chi connectivity index (χ0n) is 8.47. The van der Waals surface area contributed by atoms with Crippen molar-refractivity contribution in [3.05, 3.63) is 0 Å². The van der Waals surface area contributed by atoms with Crippen LogP contribution in [0.2, 0.25) is 0 Å². The normalized spacial score (nSPS) is 16.5. The van der Waals surface area contributed by atoms with Crippen LogP contribution in [0.15, 0.2) is 5.10 Å². The van der Waals surface area contributed by atoms with E-state index >= 15 is 0 Å². The summed E-state index contributed by atoms with van der Waals surface area (Å²) in [6, 6.07) is 0. The number of carbonyl (C=O) groups excluding carboxylic acids is 2. The number of nitrogens with one attached hydrogen (secondary N) is 1. The zero-order chi connectivity index (χ0) is 12.3. The van der Waals surface area contributed by atoms with Gasteiger partial charge in [-0.1, -0.05) is 0 Å². The third-order valence-corrected chi connectivity index (χ3v) is 1.91. The van der Waals surface area contributed by atoms with Crippen molar-refractivity contribution >= 4 is 17.5 Å². The molecule has 2 amide bonds. The number of nitrogens with zero attached hydrogens (tertiary/aromatic N) is 2. The Bertz CT molecular complexity index is 338. The first-order valence-corrected chi connectivity index (χ1v) is 4.47. The molecule has 0 saturated carbocycles. The van der Waals surface area contributed by atoms with Crippen LogP contribution in [0.25, 0.3) is 0 Å². The molecular formula is C8H10F3N3O2. The lowest BCUT2D eigenvalue weighted by Crippen LogP contribution is -2.42. The van der Waals surface area contributed by atoms with Crippen LogP contribution in [-0.2, 0) is 9.59 Å². The number of amides is 2. The molecule has 0 atom stereocenters. The van der Waals surface area contributed by atoms with Crippen molar-refractivity contribution in [3.8, 4) is 0 Å². The number of carbonyl (C=O) groups is 2. The molecule has 5 nitrogen and oxygen atoms in total. The van der Waals surface area contributed by atoms with Crippen molar-refractivity contribution in [1.29, 1.82) is 0 Å². The smallest absolute Gasteiger partial charge is 0.331 e. The van der Waals surface area contributed by atoms with E-state index in [2.05, 4.69) is 10.5 Å². The molecule has 0 aliphatic carbocycles. The molecule has 1 aliphatic rings. The van der Waals surface area contributed by atoms with Gasteiger partial charge >= 0.3 is 6.18 Å². The fourth-order valence-corrected chi connectivity index (χ4v) is 1.19. The maximum atomic E-state index is 12.0. The Labute approximate surface area is 89.3 Å². The van der Waals surface area contributed by atoms with E-state index in [-0.39, 0.29) is 24.5 Å². The summed E-state index contributed by atoms with van der Waals surface area (Å²) in [6.07, 6.45) is -4.32. The highest BCUT2D eigenvalue weighted by Crippen LogP contribution is 2.16. The largest absolute Gasteiger partial charge is 0.406 e. The Balaban J connectivity index is 2.61. The first-order chi connectivity index (χ1) is 7.29. The number of halogens is 3. The SMILES string of the molecule is CN(CC(F)(F)F)C(=O)C1=NNC(=O)CC1. The summed E-state index contributed by atoms with van der Waals surface area (Å²) in [5, 5.41) is 3.42. The van der Waals surface area contributed by atoms with Gasteiger partial charge in [-0.15, -0.1) is 0 Å². The second-order valence-corrected chi connectivity index (χ2v) is 3.37. The molecule has 1 rings (SSSR count). The van der Waals surface area contributed by atoms with Crippen LogP contribution in [0.1, 0.15) is 12.8 Å². The van der Waals surface area contributed by atoms with Crippen LogP contribution in [-0.4, -0.2) is 42.2 Å². The molecule has 0 fully saturated rings. The third kappa shape index (κ3) is 3.52. The minimum atomic E-state index is -4.44. The van der Waals surface area contributed by atoms with Crippen molar-refractivity contribution < 1.29 is 22.8 Å². The van der Waals surface area contributed by atoms with Gasteiger partial charge in [-0.25, -0.2) is 5.43 Å². The summed E-state index contributed by atoms with van der Waals surface area (Å²) in [7, 11) is 1.04. The lowest BCUT2D eigenvalue weighted by Gasteiger charge is -2.20. The van der Waals surface area contributed by atoms with Crippen LogP contribution >= 0.6 is 0 Å². The fourth-order valence-electron chi connectivity index (χ4n) is 1.19. The van der Waals surface area contributed by atoms with E-state index in [0.717, 1.165) is 7.05 Å². The lowest BCUT2D eigenvalue weighted by atomic mass is 10.1. The van der Waals surface area contributed by atoms with Crippen LogP contribution in [0, 0.1) is 0 Å². The number of alkyl halides is 3. The number of hydrogen-bond acceptors (Lipinski definition) is 3. The van der Waals surface area contributed by atoms with Crippen molar-refractivity contribution in [2.24, 2.45) is 5.10 Å². The first-order valence-electron chi connectivity index (χ1n) is 4.47. The van der Waals surface area contributed by atoms with Crippen LogP contribution < -0.4 is 5.43 Å². The molecule has 0 saturated heterocycles. The van der Waals surface area contributed by atoms with Crippen LogP contribution in [0.5, 0.6) is 0 Å². The fraction of sp³-hybridized carbons (Fsp3) is 0.625. The molecule has 0 spiro atoms. The number of hydrogen-bond donors (Lipinski definition) is 1. The minimum Gasteiger partial charge on any atom is -0.331 e. The molecule has 1 N–H and O–H groups in total. The summed E-state index contributed by atoms with van der Waals surface area (Å²) in [5.74, 6) is -1.17. The van der Waals surface area contributed by atoms with Gasteiger partial charge in [0.15, 0.2) is 0 Å². The van der Waals surface area contributed by atoms with E-state index in [4.69, 9.17) is 0 Å². The minimum absolute atomic E-state index is 0.0600. The maximum Gasteiger partial charge on any atom is 0.406 e. The predicted octanol–water partition coefficient (Wildman–Crippen LogP) is 0.273. The second-order valence-electron chi connectivity index (χ2n) is 3.37. The van der Waals surface area contributed by atoms with Gasteiger partial charge in [0.1, 0.15) is 12.3 Å². The predicted molar refractivity (Wildman–Crippen MR) is 48.5 cm³/mol. The van der Waals surface area contributed by atoms with Gasteiger partial charge in [0.05, 0.1) is 0 Å². The van der Waals surface area contributed by atoms with Gasteiger partial charge in [-0.05, 0) is 0 Å². The van der Waals surface area contributed by atoms with Gasteiger partial charge in [-0.2, -0.15) is 18.3 Å². The Morgan fingerprint density at radius 1 is 1.50 bits per heavy atom. The average molecular weight is 237 g/mol. The standard InChI is InChI=1S/C8H10F3N3O2/c1-14(4-8(9,10)11)7(16)5-2-3-6(15)13-12-5/h2-4H2,1H3,(H,13,15). The molecule has 0 aromatic rings. The molecule has 0 aromatic carbocycles. The summed E-state index contributed by atoms with van der Waals surface area (Å²) in [5.41, 5.74) is 1.99. The molecule has 0 unspecified atom stereocenters. The maximum absolute atomic E-state index is 12.0. The quantitative estimate of drug-likeness (QED) is 0.749. The third-order valence-electron chi connectivity index (χ3n) is 1.91. The molecule has 1 aliphatic heterocycles.